The van der Waals surface area contributed by atoms with Crippen molar-refractivity contribution in [3.05, 3.63) is 0 Å². The molecule has 0 amide bonds. The van der Waals surface area contributed by atoms with Gasteiger partial charge in [-0.1, -0.05) is 0 Å². The molecule has 0 saturated heterocycles. The average molecular weight is 421 g/mol. The molecule has 0 aromatic carbocycles. The van der Waals surface area contributed by atoms with Crippen molar-refractivity contribution in [3.63, 3.8) is 0 Å². The van der Waals surface area contributed by atoms with Gasteiger partial charge < -0.3 is 0 Å². The minimum atomic E-state index is -6.17. The van der Waals surface area contributed by atoms with E-state index in [4.69, 9.17) is 31.6 Å². The molecular formula is C6BiFeN6. The van der Waals surface area contributed by atoms with Gasteiger partial charge in [0.05, 0.1) is 0 Å². The van der Waals surface area contributed by atoms with Crippen LogP contribution in [-0.4, -0.2) is 26.2 Å². The van der Waals surface area contributed by atoms with E-state index in [1.165, 1.54) is 0 Å². The van der Waals surface area contributed by atoms with Gasteiger partial charge in [0.15, 0.2) is 0 Å². The van der Waals surface area contributed by atoms with Gasteiger partial charge in [0.25, 0.3) is 0 Å². The molecule has 67 valence electrons. The number of rotatable bonds is 0. The predicted octanol–water partition coefficient (Wildman–Crippen LogP) is -0.283. The summed E-state index contributed by atoms with van der Waals surface area (Å²) >= 11 is 0. The van der Waals surface area contributed by atoms with E-state index in [1.54, 1.807) is 0 Å². The Hall–Kier alpha value is -1.66. The molecule has 0 fully saturated rings. The molecule has 0 aliphatic carbocycles. The molecule has 0 atom stereocenters. The SMILES string of the molecule is N#[C][Fe-3]([C]#N)([C]#N)([C]#N)([C]#N)[C]#N.[Bi+3]. The third kappa shape index (κ3) is 1.12. The van der Waals surface area contributed by atoms with Crippen LogP contribution in [0.4, 0.5) is 0 Å². The molecular weight excluding hydrogens is 421 g/mol. The van der Waals surface area contributed by atoms with Gasteiger partial charge in [-0.15, -0.1) is 0 Å². The van der Waals surface area contributed by atoms with Crippen LogP contribution in [0.25, 0.3) is 0 Å². The number of hydrogen-bond acceptors (Lipinski definition) is 6. The summed E-state index contributed by atoms with van der Waals surface area (Å²) in [5.41, 5.74) is 0. The second-order valence-electron chi connectivity index (χ2n) is 1.80. The first-order valence-electron chi connectivity index (χ1n) is 2.40. The molecule has 6 nitrogen and oxygen atoms in total. The summed E-state index contributed by atoms with van der Waals surface area (Å²) in [6.07, 6.45) is 0. The van der Waals surface area contributed by atoms with Crippen LogP contribution in [0.1, 0.15) is 0 Å². The minimum Gasteiger partial charge on any atom is 3.00 e. The largest absolute Gasteiger partial charge is 3.00 e. The van der Waals surface area contributed by atoms with Crippen molar-refractivity contribution in [1.82, 2.24) is 0 Å². The van der Waals surface area contributed by atoms with Gasteiger partial charge in [-0.25, -0.2) is 0 Å². The minimum absolute atomic E-state index is 0. The monoisotopic (exact) mass is 421 g/mol. The van der Waals surface area contributed by atoms with Gasteiger partial charge in [0.1, 0.15) is 0 Å². The van der Waals surface area contributed by atoms with E-state index in [9.17, 15) is 0 Å². The maximum absolute atomic E-state index is 8.58. The summed E-state index contributed by atoms with van der Waals surface area (Å²) in [7, 11) is -6.17. The number of nitrogens with zero attached hydrogens (tertiary/aromatic N) is 6. The van der Waals surface area contributed by atoms with Crippen LogP contribution in [0.5, 0.6) is 0 Å². The van der Waals surface area contributed by atoms with Gasteiger partial charge in [-0.2, -0.15) is 0 Å². The maximum atomic E-state index is 8.58. The maximum Gasteiger partial charge on any atom is 3.00 e. The molecule has 0 unspecified atom stereocenters. The van der Waals surface area contributed by atoms with Gasteiger partial charge in [0, 0.05) is 0 Å². The molecule has 0 aliphatic rings. The quantitative estimate of drug-likeness (QED) is 0.493. The van der Waals surface area contributed by atoms with Crippen LogP contribution >= 0.6 is 0 Å². The summed E-state index contributed by atoms with van der Waals surface area (Å²) in [5.74, 6) is 0. The smallest absolute Gasteiger partial charge is 3.00 e. The van der Waals surface area contributed by atoms with Gasteiger partial charge in [-0.3, -0.25) is 0 Å². The Morgan fingerprint density at radius 3 is 0.643 bits per heavy atom. The van der Waals surface area contributed by atoms with Crippen LogP contribution in [0, 0.1) is 61.4 Å². The first-order valence-corrected chi connectivity index (χ1v) is 5.71. The molecule has 0 aliphatic heterocycles. The van der Waals surface area contributed by atoms with E-state index in [2.05, 4.69) is 0 Å². The van der Waals surface area contributed by atoms with Crippen molar-refractivity contribution >= 4 is 26.2 Å². The Kier molecular flexibility index (Phi) is 3.44. The first kappa shape index (κ1) is 14.8. The van der Waals surface area contributed by atoms with E-state index in [1.807, 2.05) is 0 Å². The Bertz CT molecular complexity index is 392. The summed E-state index contributed by atoms with van der Waals surface area (Å²) in [5, 5.41) is 51.5. The fourth-order valence-electron chi connectivity index (χ4n) is 0.265. The average Bonchev–Trinajstić information content (AvgIpc) is 2.26. The third-order valence-corrected chi connectivity index (χ3v) is 4.89. The molecule has 0 heterocycles. The summed E-state index contributed by atoms with van der Waals surface area (Å²) in [4.78, 5) is 6.19. The Morgan fingerprint density at radius 1 is 0.500 bits per heavy atom. The van der Waals surface area contributed by atoms with Crippen LogP contribution in [0.3, 0.4) is 0 Å². The molecule has 0 N–H and O–H groups in total. The number of hydrogen-bond donors (Lipinski definition) is 0. The van der Waals surface area contributed by atoms with Crippen LogP contribution in [0.2, 0.25) is 0 Å². The topological polar surface area (TPSA) is 143 Å². The van der Waals surface area contributed by atoms with E-state index in [-0.39, 0.29) is 26.2 Å². The van der Waals surface area contributed by atoms with E-state index >= 15 is 0 Å². The van der Waals surface area contributed by atoms with E-state index in [0.29, 0.717) is 0 Å². The van der Waals surface area contributed by atoms with Crippen molar-refractivity contribution in [2.75, 3.05) is 0 Å². The zero-order chi connectivity index (χ0) is 10.7. The fourth-order valence-corrected chi connectivity index (χ4v) is 1.09. The van der Waals surface area contributed by atoms with Crippen LogP contribution < -0.4 is 0 Å². The van der Waals surface area contributed by atoms with Gasteiger partial charge in [-0.05, 0) is 0 Å². The molecule has 0 saturated carbocycles. The standard InChI is InChI=1S/6CN.Bi.Fe/c6*1-2;;/q;;;;;;+3;-3. The Morgan fingerprint density at radius 2 is 0.643 bits per heavy atom. The zero-order valence-electron chi connectivity index (χ0n) is 6.48. The molecule has 0 aromatic heterocycles. The van der Waals surface area contributed by atoms with Crippen molar-refractivity contribution < 1.29 is 10.7 Å². The van der Waals surface area contributed by atoms with Crippen LogP contribution in [-0.2, 0) is 10.7 Å². The fraction of sp³-hybridized carbons (Fsp3) is 0. The summed E-state index contributed by atoms with van der Waals surface area (Å²) < 4.78 is 0. The van der Waals surface area contributed by atoms with Crippen LogP contribution in [0.15, 0.2) is 0 Å². The van der Waals surface area contributed by atoms with Crippen molar-refractivity contribution in [1.29, 1.82) is 31.6 Å². The van der Waals surface area contributed by atoms with Crippen molar-refractivity contribution in [2.45, 2.75) is 0 Å². The zero-order valence-corrected chi connectivity index (χ0v) is 11.1. The van der Waals surface area contributed by atoms with Crippen molar-refractivity contribution in [2.24, 2.45) is 0 Å². The summed E-state index contributed by atoms with van der Waals surface area (Å²) in [6, 6.07) is 0. The predicted molar refractivity (Wildman–Crippen MR) is 39.4 cm³/mol. The summed E-state index contributed by atoms with van der Waals surface area (Å²) in [6.45, 7) is 0. The molecule has 2 radical (unpaired) electrons. The molecule has 0 spiro atoms. The number of nitriles is 6. The van der Waals surface area contributed by atoms with E-state index < -0.39 is 10.7 Å². The normalized spacial score (nSPS) is 12.4. The van der Waals surface area contributed by atoms with Gasteiger partial charge in [0.2, 0.25) is 0 Å². The van der Waals surface area contributed by atoms with Gasteiger partial charge >= 0.3 is 98.3 Å². The van der Waals surface area contributed by atoms with E-state index in [0.717, 1.165) is 29.8 Å². The second kappa shape index (κ2) is 3.24. The molecule has 14 heavy (non-hydrogen) atoms. The molecule has 8 heteroatoms. The molecule has 0 rings (SSSR count). The second-order valence-corrected chi connectivity index (χ2v) is 7.42. The molecule has 0 aromatic rings. The Balaban J connectivity index is 0. The van der Waals surface area contributed by atoms with Crippen molar-refractivity contribution in [3.8, 4) is 29.8 Å². The molecule has 0 bridgehead atoms. The third-order valence-electron chi connectivity index (χ3n) is 1.19. The Labute approximate surface area is 97.8 Å². The first-order chi connectivity index (χ1) is 5.97.